The molecular weight excluding hydrogens is 464 g/mol. The van der Waals surface area contributed by atoms with Crippen LogP contribution in [0.4, 0.5) is 0 Å². The molecule has 1 aromatic heterocycles. The minimum absolute atomic E-state index is 0.0293. The van der Waals surface area contributed by atoms with Crippen LogP contribution in [0, 0.1) is 5.41 Å². The first-order chi connectivity index (χ1) is 16.7. The zero-order chi connectivity index (χ0) is 25.8. The third kappa shape index (κ3) is 9.18. The van der Waals surface area contributed by atoms with Crippen molar-refractivity contribution in [3.8, 4) is 11.5 Å². The number of amides is 2. The van der Waals surface area contributed by atoms with Gasteiger partial charge in [0.15, 0.2) is 11.5 Å². The molecule has 0 unspecified atom stereocenters. The minimum Gasteiger partial charge on any atom is -0.493 e. The van der Waals surface area contributed by atoms with Crippen LogP contribution in [0.25, 0.3) is 0 Å². The van der Waals surface area contributed by atoms with E-state index in [4.69, 9.17) is 14.2 Å². The van der Waals surface area contributed by atoms with Gasteiger partial charge in [-0.3, -0.25) is 9.59 Å². The molecule has 0 saturated heterocycles. The van der Waals surface area contributed by atoms with Crippen molar-refractivity contribution in [2.24, 2.45) is 5.41 Å². The van der Waals surface area contributed by atoms with Crippen molar-refractivity contribution in [3.63, 3.8) is 0 Å². The van der Waals surface area contributed by atoms with Gasteiger partial charge in [-0.05, 0) is 48.9 Å². The lowest BCUT2D eigenvalue weighted by Gasteiger charge is -2.31. The van der Waals surface area contributed by atoms with Gasteiger partial charge in [-0.2, -0.15) is 0 Å². The summed E-state index contributed by atoms with van der Waals surface area (Å²) in [7, 11) is 3.22. The number of ether oxygens (including phenoxy) is 3. The monoisotopic (exact) mass is 504 g/mol. The first kappa shape index (κ1) is 28.7. The highest BCUT2D eigenvalue weighted by Crippen LogP contribution is 2.28. The highest BCUT2D eigenvalue weighted by molar-refractivity contribution is 7.09. The van der Waals surface area contributed by atoms with Crippen LogP contribution < -0.4 is 9.47 Å². The van der Waals surface area contributed by atoms with Gasteiger partial charge >= 0.3 is 0 Å². The third-order valence-corrected chi connectivity index (χ3v) is 6.43. The molecule has 7 nitrogen and oxygen atoms in total. The van der Waals surface area contributed by atoms with Gasteiger partial charge in [0.05, 0.1) is 27.3 Å². The number of methoxy groups -OCH3 is 2. The van der Waals surface area contributed by atoms with Gasteiger partial charge in [-0.15, -0.1) is 11.3 Å². The predicted octanol–water partition coefficient (Wildman–Crippen LogP) is 4.64. The van der Waals surface area contributed by atoms with E-state index in [1.54, 1.807) is 30.5 Å². The van der Waals surface area contributed by atoms with Crippen molar-refractivity contribution in [1.29, 1.82) is 0 Å². The lowest BCUT2D eigenvalue weighted by atomic mass is 9.94. The average molecular weight is 505 g/mol. The predicted molar refractivity (Wildman–Crippen MR) is 140 cm³/mol. The van der Waals surface area contributed by atoms with Crippen molar-refractivity contribution in [2.75, 3.05) is 47.1 Å². The van der Waals surface area contributed by atoms with E-state index >= 15 is 0 Å². The van der Waals surface area contributed by atoms with Crippen LogP contribution in [-0.2, 0) is 27.3 Å². The van der Waals surface area contributed by atoms with Crippen LogP contribution in [-0.4, -0.2) is 68.7 Å². The number of hydrogen-bond donors (Lipinski definition) is 0. The minimum atomic E-state index is -0.565. The molecule has 0 fully saturated rings. The van der Waals surface area contributed by atoms with E-state index in [9.17, 15) is 9.59 Å². The maximum Gasteiger partial charge on any atom is 0.242 e. The fraction of sp³-hybridized carbons (Fsp3) is 0.556. The van der Waals surface area contributed by atoms with Crippen molar-refractivity contribution in [3.05, 3.63) is 46.2 Å². The van der Waals surface area contributed by atoms with E-state index in [-0.39, 0.29) is 18.4 Å². The zero-order valence-electron chi connectivity index (χ0n) is 22.0. The fourth-order valence-electron chi connectivity index (χ4n) is 3.67. The molecule has 0 saturated carbocycles. The summed E-state index contributed by atoms with van der Waals surface area (Å²) >= 11 is 1.62. The first-order valence-corrected chi connectivity index (χ1v) is 13.0. The highest BCUT2D eigenvalue weighted by Gasteiger charge is 2.29. The largest absolute Gasteiger partial charge is 0.493 e. The van der Waals surface area contributed by atoms with E-state index in [1.807, 2.05) is 68.3 Å². The molecule has 8 heteroatoms. The van der Waals surface area contributed by atoms with Crippen molar-refractivity contribution < 1.29 is 23.8 Å². The summed E-state index contributed by atoms with van der Waals surface area (Å²) in [4.78, 5) is 31.2. The summed E-state index contributed by atoms with van der Waals surface area (Å²) in [6.07, 6.45) is 1.36. The van der Waals surface area contributed by atoms with Gasteiger partial charge in [0, 0.05) is 36.6 Å². The van der Waals surface area contributed by atoms with Crippen molar-refractivity contribution >= 4 is 23.2 Å². The van der Waals surface area contributed by atoms with Gasteiger partial charge < -0.3 is 24.0 Å². The lowest BCUT2D eigenvalue weighted by molar-refractivity contribution is -0.146. The fourth-order valence-corrected chi connectivity index (χ4v) is 4.39. The number of carbonyl (C=O) groups excluding carboxylic acids is 2. The van der Waals surface area contributed by atoms with Crippen LogP contribution in [0.3, 0.4) is 0 Å². The molecule has 0 bridgehead atoms. The van der Waals surface area contributed by atoms with Crippen LogP contribution in [0.2, 0.25) is 0 Å². The average Bonchev–Trinajstić information content (AvgIpc) is 3.35. The standard InChI is InChI=1S/C27H40N2O5S/c1-7-34-16-9-14-29(26(31)27(2,3)4)20-25(30)28(19-22-10-8-17-35-22)15-13-21-11-12-23(32-5)24(18-21)33-6/h8,10-12,17-18H,7,9,13-16,19-20H2,1-6H3. The summed E-state index contributed by atoms with van der Waals surface area (Å²) in [5, 5.41) is 2.01. The molecule has 1 heterocycles. The lowest BCUT2D eigenvalue weighted by Crippen LogP contribution is -2.47. The van der Waals surface area contributed by atoms with Crippen molar-refractivity contribution in [1.82, 2.24) is 9.80 Å². The summed E-state index contributed by atoms with van der Waals surface area (Å²) < 4.78 is 16.2. The topological polar surface area (TPSA) is 68.3 Å². The molecule has 2 aromatic rings. The van der Waals surface area contributed by atoms with E-state index < -0.39 is 5.41 Å². The number of nitrogens with zero attached hydrogens (tertiary/aromatic N) is 2. The second-order valence-electron chi connectivity index (χ2n) is 9.36. The second kappa shape index (κ2) is 14.1. The zero-order valence-corrected chi connectivity index (χ0v) is 22.8. The molecule has 2 amide bonds. The Morgan fingerprint density at radius 3 is 2.34 bits per heavy atom. The molecule has 0 aliphatic heterocycles. The molecular formula is C27H40N2O5S. The van der Waals surface area contributed by atoms with Crippen LogP contribution in [0.5, 0.6) is 11.5 Å². The van der Waals surface area contributed by atoms with Crippen molar-refractivity contribution in [2.45, 2.75) is 47.1 Å². The Labute approximate surface area is 214 Å². The van der Waals surface area contributed by atoms with Gasteiger partial charge in [0.1, 0.15) is 0 Å². The molecule has 1 aromatic carbocycles. The van der Waals surface area contributed by atoms with Crippen LogP contribution in [0.1, 0.15) is 44.6 Å². The Bertz CT molecular complexity index is 924. The molecule has 194 valence electrons. The van der Waals surface area contributed by atoms with E-state index in [0.717, 1.165) is 10.4 Å². The Kier molecular flexibility index (Phi) is 11.5. The summed E-state index contributed by atoms with van der Waals surface area (Å²) in [5.74, 6) is 1.25. The molecule has 35 heavy (non-hydrogen) atoms. The van der Waals surface area contributed by atoms with E-state index in [0.29, 0.717) is 57.2 Å². The number of carbonyl (C=O) groups is 2. The van der Waals surface area contributed by atoms with Gasteiger partial charge in [0.2, 0.25) is 11.8 Å². The van der Waals surface area contributed by atoms with Crippen LogP contribution in [0.15, 0.2) is 35.7 Å². The summed E-state index contributed by atoms with van der Waals surface area (Å²) in [6, 6.07) is 9.82. The number of rotatable bonds is 14. The number of benzene rings is 1. The normalized spacial score (nSPS) is 11.3. The molecule has 0 atom stereocenters. The molecule has 0 N–H and O–H groups in total. The number of thiophene rings is 1. The molecule has 0 radical (unpaired) electrons. The Hall–Kier alpha value is -2.58. The summed E-state index contributed by atoms with van der Waals surface area (Å²) in [6.45, 7) is 10.4. The Morgan fingerprint density at radius 2 is 1.74 bits per heavy atom. The third-order valence-electron chi connectivity index (χ3n) is 5.57. The smallest absolute Gasteiger partial charge is 0.242 e. The van der Waals surface area contributed by atoms with E-state index in [1.165, 1.54) is 0 Å². The van der Waals surface area contributed by atoms with Crippen LogP contribution >= 0.6 is 11.3 Å². The SMILES string of the molecule is CCOCCCN(CC(=O)N(CCc1ccc(OC)c(OC)c1)Cc1cccs1)C(=O)C(C)(C)C. The number of hydrogen-bond acceptors (Lipinski definition) is 6. The van der Waals surface area contributed by atoms with Gasteiger partial charge in [-0.1, -0.05) is 32.9 Å². The molecule has 0 aliphatic carbocycles. The molecule has 2 rings (SSSR count). The van der Waals surface area contributed by atoms with E-state index in [2.05, 4.69) is 0 Å². The quantitative estimate of drug-likeness (QED) is 0.351. The van der Waals surface area contributed by atoms with Gasteiger partial charge in [0.25, 0.3) is 0 Å². The Balaban J connectivity index is 2.16. The Morgan fingerprint density at radius 1 is 1.00 bits per heavy atom. The second-order valence-corrected chi connectivity index (χ2v) is 10.4. The maximum absolute atomic E-state index is 13.5. The highest BCUT2D eigenvalue weighted by atomic mass is 32.1. The first-order valence-electron chi connectivity index (χ1n) is 12.1. The molecule has 0 spiro atoms. The summed E-state index contributed by atoms with van der Waals surface area (Å²) in [5.41, 5.74) is 0.482. The molecule has 0 aliphatic rings. The maximum atomic E-state index is 13.5. The van der Waals surface area contributed by atoms with Gasteiger partial charge in [-0.25, -0.2) is 0 Å².